The summed E-state index contributed by atoms with van der Waals surface area (Å²) in [5, 5.41) is 9.18. The monoisotopic (exact) mass is 298 g/mol. The van der Waals surface area contributed by atoms with E-state index in [1.807, 2.05) is 36.4 Å². The van der Waals surface area contributed by atoms with Crippen molar-refractivity contribution >= 4 is 11.9 Å². The van der Waals surface area contributed by atoms with E-state index in [1.54, 1.807) is 6.07 Å². The lowest BCUT2D eigenvalue weighted by atomic mass is 10.1. The molecule has 1 atom stereocenters. The van der Waals surface area contributed by atoms with Crippen LogP contribution in [0.5, 0.6) is 0 Å². The first-order valence-corrected chi connectivity index (χ1v) is 7.41. The Morgan fingerprint density at radius 3 is 2.68 bits per heavy atom. The molecule has 1 aromatic heterocycles. The Morgan fingerprint density at radius 1 is 1.18 bits per heavy atom. The van der Waals surface area contributed by atoms with E-state index in [4.69, 9.17) is 0 Å². The molecule has 2 N–H and O–H groups in total. The van der Waals surface area contributed by atoms with Gasteiger partial charge in [0.1, 0.15) is 11.7 Å². The van der Waals surface area contributed by atoms with E-state index < -0.39 is 12.0 Å². The zero-order valence-electron chi connectivity index (χ0n) is 12.2. The molecule has 1 aliphatic heterocycles. The van der Waals surface area contributed by atoms with Crippen molar-refractivity contribution in [2.24, 2.45) is 0 Å². The quantitative estimate of drug-likeness (QED) is 0.909. The summed E-state index contributed by atoms with van der Waals surface area (Å²) in [6.45, 7) is 0.503. The van der Waals surface area contributed by atoms with Crippen LogP contribution in [-0.2, 0) is 11.2 Å². The minimum absolute atomic E-state index is 0.232. The predicted octanol–water partition coefficient (Wildman–Crippen LogP) is 2.29. The van der Waals surface area contributed by atoms with E-state index in [-0.39, 0.29) is 5.91 Å². The highest BCUT2D eigenvalue weighted by atomic mass is 16.4. The Bertz CT molecular complexity index is 678. The van der Waals surface area contributed by atoms with Gasteiger partial charge < -0.3 is 15.0 Å². The number of aromatic amines is 1. The molecule has 5 nitrogen and oxygen atoms in total. The van der Waals surface area contributed by atoms with Gasteiger partial charge in [0.05, 0.1) is 0 Å². The molecule has 2 heterocycles. The molecule has 5 heteroatoms. The van der Waals surface area contributed by atoms with Crippen molar-refractivity contribution in [3.63, 3.8) is 0 Å². The molecule has 0 spiro atoms. The normalized spacial score (nSPS) is 17.6. The standard InChI is InChI=1S/C17H18N2O3/c20-16(19-10-4-7-15(19)17(21)22)14-9-8-13(18-14)11-12-5-2-1-3-6-12/h1-3,5-6,8-9,15,18H,4,7,10-11H2,(H,21,22)/t15-/m1/s1. The van der Waals surface area contributed by atoms with E-state index in [0.717, 1.165) is 24.1 Å². The molecule has 3 rings (SSSR count). The van der Waals surface area contributed by atoms with Crippen LogP contribution in [0.25, 0.3) is 0 Å². The fourth-order valence-corrected chi connectivity index (χ4v) is 2.91. The van der Waals surface area contributed by atoms with Crippen molar-refractivity contribution in [1.29, 1.82) is 0 Å². The van der Waals surface area contributed by atoms with Crippen molar-refractivity contribution in [2.45, 2.75) is 25.3 Å². The highest BCUT2D eigenvalue weighted by Gasteiger charge is 2.34. The topological polar surface area (TPSA) is 73.4 Å². The van der Waals surface area contributed by atoms with E-state index in [1.165, 1.54) is 4.90 Å². The fourth-order valence-electron chi connectivity index (χ4n) is 2.91. The number of hydrogen-bond donors (Lipinski definition) is 2. The minimum Gasteiger partial charge on any atom is -0.480 e. The van der Waals surface area contributed by atoms with Crippen LogP contribution in [0.1, 0.15) is 34.6 Å². The Kier molecular flexibility index (Phi) is 3.96. The van der Waals surface area contributed by atoms with Gasteiger partial charge in [-0.1, -0.05) is 30.3 Å². The number of aromatic nitrogens is 1. The number of benzene rings is 1. The van der Waals surface area contributed by atoms with Crippen molar-refractivity contribution in [2.75, 3.05) is 6.54 Å². The number of nitrogens with one attached hydrogen (secondary N) is 1. The van der Waals surface area contributed by atoms with Gasteiger partial charge in [0, 0.05) is 18.7 Å². The number of rotatable bonds is 4. The maximum Gasteiger partial charge on any atom is 0.326 e. The summed E-state index contributed by atoms with van der Waals surface area (Å²) in [7, 11) is 0. The Morgan fingerprint density at radius 2 is 1.95 bits per heavy atom. The molecule has 0 unspecified atom stereocenters. The second kappa shape index (κ2) is 6.05. The van der Waals surface area contributed by atoms with E-state index in [9.17, 15) is 14.7 Å². The van der Waals surface area contributed by atoms with E-state index in [0.29, 0.717) is 18.7 Å². The van der Waals surface area contributed by atoms with Gasteiger partial charge >= 0.3 is 5.97 Å². The number of carboxylic acids is 1. The number of carboxylic acid groups (broad SMARTS) is 1. The summed E-state index contributed by atoms with van der Waals surface area (Å²) in [4.78, 5) is 28.2. The number of amides is 1. The van der Waals surface area contributed by atoms with Crippen LogP contribution in [0.3, 0.4) is 0 Å². The van der Waals surface area contributed by atoms with Gasteiger partial charge in [0.2, 0.25) is 0 Å². The molecule has 1 aliphatic rings. The lowest BCUT2D eigenvalue weighted by molar-refractivity contribution is -0.141. The molecule has 1 amide bonds. The highest BCUT2D eigenvalue weighted by molar-refractivity contribution is 5.95. The van der Waals surface area contributed by atoms with Crippen LogP contribution in [0.2, 0.25) is 0 Å². The molecule has 0 bridgehead atoms. The fraction of sp³-hybridized carbons (Fsp3) is 0.294. The van der Waals surface area contributed by atoms with Gasteiger partial charge in [-0.15, -0.1) is 0 Å². The van der Waals surface area contributed by atoms with Crippen LogP contribution in [-0.4, -0.2) is 39.5 Å². The third-order valence-corrected chi connectivity index (χ3v) is 4.01. The molecule has 22 heavy (non-hydrogen) atoms. The zero-order chi connectivity index (χ0) is 15.5. The summed E-state index contributed by atoms with van der Waals surface area (Å²) in [6.07, 6.45) is 1.98. The number of nitrogens with zero attached hydrogens (tertiary/aromatic N) is 1. The van der Waals surface area contributed by atoms with Crippen molar-refractivity contribution in [3.05, 3.63) is 59.4 Å². The summed E-state index contributed by atoms with van der Waals surface area (Å²) < 4.78 is 0. The molecule has 0 radical (unpaired) electrons. The van der Waals surface area contributed by atoms with Crippen LogP contribution in [0.4, 0.5) is 0 Å². The molecule has 1 saturated heterocycles. The molecule has 1 fully saturated rings. The molecular weight excluding hydrogens is 280 g/mol. The molecule has 1 aromatic carbocycles. The minimum atomic E-state index is -0.929. The first-order valence-electron chi connectivity index (χ1n) is 7.41. The zero-order valence-corrected chi connectivity index (χ0v) is 12.2. The van der Waals surface area contributed by atoms with Gasteiger partial charge in [-0.05, 0) is 30.5 Å². The van der Waals surface area contributed by atoms with Crippen LogP contribution in [0, 0.1) is 0 Å². The first kappa shape index (κ1) is 14.4. The molecule has 0 saturated carbocycles. The van der Waals surface area contributed by atoms with Crippen molar-refractivity contribution < 1.29 is 14.7 Å². The molecule has 2 aromatic rings. The molecule has 114 valence electrons. The lowest BCUT2D eigenvalue weighted by Crippen LogP contribution is -2.40. The largest absolute Gasteiger partial charge is 0.480 e. The summed E-state index contributed by atoms with van der Waals surface area (Å²) >= 11 is 0. The van der Waals surface area contributed by atoms with Gasteiger partial charge in [-0.2, -0.15) is 0 Å². The average Bonchev–Trinajstić information content (AvgIpc) is 3.16. The molecular formula is C17H18N2O3. The van der Waals surface area contributed by atoms with E-state index >= 15 is 0 Å². The van der Waals surface area contributed by atoms with Gasteiger partial charge in [-0.25, -0.2) is 4.79 Å². The van der Waals surface area contributed by atoms with Crippen LogP contribution >= 0.6 is 0 Å². The Hall–Kier alpha value is -2.56. The number of likely N-dealkylation sites (tertiary alicyclic amines) is 1. The maximum atomic E-state index is 12.5. The number of hydrogen-bond acceptors (Lipinski definition) is 2. The SMILES string of the molecule is O=C(O)[C@H]1CCCN1C(=O)c1ccc(Cc2ccccc2)[nH]1. The number of carbonyl (C=O) groups is 2. The molecule has 0 aliphatic carbocycles. The third-order valence-electron chi connectivity index (χ3n) is 4.01. The van der Waals surface area contributed by atoms with Crippen molar-refractivity contribution in [1.82, 2.24) is 9.88 Å². The Labute approximate surface area is 128 Å². The van der Waals surface area contributed by atoms with E-state index in [2.05, 4.69) is 4.98 Å². The maximum absolute atomic E-state index is 12.5. The Balaban J connectivity index is 1.73. The highest BCUT2D eigenvalue weighted by Crippen LogP contribution is 2.20. The van der Waals surface area contributed by atoms with Gasteiger partial charge in [0.25, 0.3) is 5.91 Å². The smallest absolute Gasteiger partial charge is 0.326 e. The lowest BCUT2D eigenvalue weighted by Gasteiger charge is -2.20. The first-order chi connectivity index (χ1) is 10.6. The predicted molar refractivity (Wildman–Crippen MR) is 81.7 cm³/mol. The average molecular weight is 298 g/mol. The summed E-state index contributed by atoms with van der Waals surface area (Å²) in [6, 6.07) is 12.9. The van der Waals surface area contributed by atoms with Crippen molar-refractivity contribution in [3.8, 4) is 0 Å². The third kappa shape index (κ3) is 2.88. The van der Waals surface area contributed by atoms with Crippen LogP contribution in [0.15, 0.2) is 42.5 Å². The second-order valence-electron chi connectivity index (χ2n) is 5.55. The van der Waals surface area contributed by atoms with Crippen LogP contribution < -0.4 is 0 Å². The van der Waals surface area contributed by atoms with Gasteiger partial charge in [-0.3, -0.25) is 4.79 Å². The van der Waals surface area contributed by atoms with Gasteiger partial charge in [0.15, 0.2) is 0 Å². The number of H-pyrrole nitrogens is 1. The summed E-state index contributed by atoms with van der Waals surface area (Å²) in [5.41, 5.74) is 2.56. The number of carbonyl (C=O) groups excluding carboxylic acids is 1. The number of aliphatic carboxylic acids is 1. The second-order valence-corrected chi connectivity index (χ2v) is 5.55. The summed E-state index contributed by atoms with van der Waals surface area (Å²) in [5.74, 6) is -1.16.